The molecule has 1 nitrogen and oxygen atoms in total. The lowest BCUT2D eigenvalue weighted by molar-refractivity contribution is 0.586. The molecule has 0 aliphatic carbocycles. The molecule has 2 rings (SSSR count). The third-order valence-corrected chi connectivity index (χ3v) is 2.16. The maximum Gasteiger partial charge on any atom is 0.213 e. The molecule has 1 aromatic carbocycles. The molecule has 0 N–H and O–H groups in total. The number of fused-ring (bicyclic) bond motifs is 1. The van der Waals surface area contributed by atoms with E-state index in [0.29, 0.717) is 0 Å². The van der Waals surface area contributed by atoms with Gasteiger partial charge in [-0.1, -0.05) is 25.1 Å². The van der Waals surface area contributed by atoms with E-state index in [2.05, 4.69) is 11.9 Å². The number of nitrogens with zero attached hydrogens (tertiary/aromatic N) is 1. The van der Waals surface area contributed by atoms with E-state index in [1.165, 1.54) is 11.6 Å². The van der Waals surface area contributed by atoms with Gasteiger partial charge in [0.25, 0.3) is 0 Å². The van der Waals surface area contributed by atoms with Crippen molar-refractivity contribution < 1.29 is 4.39 Å². The van der Waals surface area contributed by atoms with E-state index >= 15 is 0 Å². The van der Waals surface area contributed by atoms with Crippen LogP contribution >= 0.6 is 0 Å². The summed E-state index contributed by atoms with van der Waals surface area (Å²) in [6.45, 7) is 2.08. The Bertz CT molecular complexity index is 437. The molecule has 1 heterocycles. The molecule has 0 amide bonds. The van der Waals surface area contributed by atoms with Crippen molar-refractivity contribution in [2.45, 2.75) is 13.3 Å². The van der Waals surface area contributed by atoms with Crippen molar-refractivity contribution in [3.05, 3.63) is 42.0 Å². The van der Waals surface area contributed by atoms with Crippen LogP contribution in [0, 0.1) is 5.95 Å². The average molecular weight is 175 g/mol. The number of aromatic nitrogens is 1. The van der Waals surface area contributed by atoms with Crippen molar-refractivity contribution in [3.8, 4) is 0 Å². The molecule has 0 atom stereocenters. The summed E-state index contributed by atoms with van der Waals surface area (Å²) in [4.78, 5) is 3.60. The molecule has 0 unspecified atom stereocenters. The van der Waals surface area contributed by atoms with Gasteiger partial charge >= 0.3 is 0 Å². The van der Waals surface area contributed by atoms with E-state index in [-0.39, 0.29) is 0 Å². The lowest BCUT2D eigenvalue weighted by Crippen LogP contribution is -1.84. The Morgan fingerprint density at radius 3 is 2.85 bits per heavy atom. The summed E-state index contributed by atoms with van der Waals surface area (Å²) in [6, 6.07) is 7.48. The lowest BCUT2D eigenvalue weighted by Gasteiger charge is -2.00. The Labute approximate surface area is 76.2 Å². The molecule has 13 heavy (non-hydrogen) atoms. The summed E-state index contributed by atoms with van der Waals surface area (Å²) in [5.74, 6) is -0.416. The first-order chi connectivity index (χ1) is 6.29. The molecule has 0 bridgehead atoms. The Hall–Kier alpha value is -1.44. The van der Waals surface area contributed by atoms with Gasteiger partial charge in [-0.15, -0.1) is 0 Å². The van der Waals surface area contributed by atoms with E-state index in [1.54, 1.807) is 6.20 Å². The third kappa shape index (κ3) is 1.52. The smallest absolute Gasteiger partial charge is 0.213 e. The summed E-state index contributed by atoms with van der Waals surface area (Å²) in [5, 5.41) is 1.91. The van der Waals surface area contributed by atoms with Crippen molar-refractivity contribution in [2.24, 2.45) is 0 Å². The molecule has 0 fully saturated rings. The average Bonchev–Trinajstić information content (AvgIpc) is 2.16. The number of hydrogen-bond donors (Lipinski definition) is 0. The van der Waals surface area contributed by atoms with Gasteiger partial charge in [-0.3, -0.25) is 0 Å². The second kappa shape index (κ2) is 3.13. The Balaban J connectivity index is 2.68. The first-order valence-corrected chi connectivity index (χ1v) is 4.34. The van der Waals surface area contributed by atoms with Gasteiger partial charge in [0, 0.05) is 17.6 Å². The highest BCUT2D eigenvalue weighted by Gasteiger charge is 1.97. The topological polar surface area (TPSA) is 12.9 Å². The van der Waals surface area contributed by atoms with Crippen molar-refractivity contribution in [1.82, 2.24) is 4.98 Å². The van der Waals surface area contributed by atoms with Gasteiger partial charge < -0.3 is 0 Å². The van der Waals surface area contributed by atoms with Gasteiger partial charge in [-0.2, -0.15) is 4.39 Å². The normalized spacial score (nSPS) is 10.6. The predicted molar refractivity (Wildman–Crippen MR) is 51.1 cm³/mol. The number of pyridine rings is 1. The quantitative estimate of drug-likeness (QED) is 0.607. The van der Waals surface area contributed by atoms with E-state index in [9.17, 15) is 4.39 Å². The minimum Gasteiger partial charge on any atom is -0.228 e. The van der Waals surface area contributed by atoms with E-state index in [4.69, 9.17) is 0 Å². The largest absolute Gasteiger partial charge is 0.228 e. The molecule has 0 aliphatic rings. The second-order valence-electron chi connectivity index (χ2n) is 3.04. The van der Waals surface area contributed by atoms with Gasteiger partial charge in [0.1, 0.15) is 0 Å². The molecule has 1 aromatic heterocycles. The zero-order chi connectivity index (χ0) is 9.26. The molecular formula is C11H10FN. The highest BCUT2D eigenvalue weighted by molar-refractivity contribution is 5.82. The van der Waals surface area contributed by atoms with Gasteiger partial charge in [0.15, 0.2) is 0 Å². The van der Waals surface area contributed by atoms with E-state index in [0.717, 1.165) is 17.2 Å². The fraction of sp³-hybridized carbons (Fsp3) is 0.182. The molecule has 0 spiro atoms. The van der Waals surface area contributed by atoms with Crippen LogP contribution in [0.25, 0.3) is 10.8 Å². The fourth-order valence-electron chi connectivity index (χ4n) is 1.38. The molecule has 0 aliphatic heterocycles. The van der Waals surface area contributed by atoms with Gasteiger partial charge in [-0.05, 0) is 17.4 Å². The monoisotopic (exact) mass is 175 g/mol. The summed E-state index contributed by atoms with van der Waals surface area (Å²) >= 11 is 0. The van der Waals surface area contributed by atoms with Crippen molar-refractivity contribution in [2.75, 3.05) is 0 Å². The molecule has 66 valence electrons. The standard InChI is InChI=1S/C11H10FN/c1-2-8-3-4-9-7-13-11(12)6-10(9)5-8/h3-7H,2H2,1H3. The van der Waals surface area contributed by atoms with Crippen LogP contribution in [0.2, 0.25) is 0 Å². The van der Waals surface area contributed by atoms with Crippen LogP contribution < -0.4 is 0 Å². The van der Waals surface area contributed by atoms with Crippen molar-refractivity contribution in [1.29, 1.82) is 0 Å². The van der Waals surface area contributed by atoms with E-state index < -0.39 is 5.95 Å². The first kappa shape index (κ1) is 8.17. The summed E-state index contributed by atoms with van der Waals surface area (Å²) in [6.07, 6.45) is 2.53. The van der Waals surface area contributed by atoms with E-state index in [1.807, 2.05) is 18.2 Å². The number of halogens is 1. The SMILES string of the molecule is CCc1ccc2cnc(F)cc2c1. The van der Waals surface area contributed by atoms with Gasteiger partial charge in [0.05, 0.1) is 0 Å². The molecule has 2 heteroatoms. The minimum atomic E-state index is -0.416. The van der Waals surface area contributed by atoms with Crippen LogP contribution in [-0.4, -0.2) is 4.98 Å². The molecule has 0 radical (unpaired) electrons. The Morgan fingerprint density at radius 2 is 2.08 bits per heavy atom. The second-order valence-corrected chi connectivity index (χ2v) is 3.04. The highest BCUT2D eigenvalue weighted by Crippen LogP contribution is 2.15. The number of rotatable bonds is 1. The van der Waals surface area contributed by atoms with Crippen LogP contribution in [0.15, 0.2) is 30.5 Å². The van der Waals surface area contributed by atoms with Crippen LogP contribution in [0.4, 0.5) is 4.39 Å². The lowest BCUT2D eigenvalue weighted by atomic mass is 10.1. The maximum absolute atomic E-state index is 12.8. The van der Waals surface area contributed by atoms with Crippen molar-refractivity contribution in [3.63, 3.8) is 0 Å². The maximum atomic E-state index is 12.8. The third-order valence-electron chi connectivity index (χ3n) is 2.16. The van der Waals surface area contributed by atoms with Gasteiger partial charge in [0.2, 0.25) is 5.95 Å². The van der Waals surface area contributed by atoms with Crippen LogP contribution in [0.1, 0.15) is 12.5 Å². The summed E-state index contributed by atoms with van der Waals surface area (Å²) in [5.41, 5.74) is 1.22. The summed E-state index contributed by atoms with van der Waals surface area (Å²) < 4.78 is 12.8. The molecule has 2 aromatic rings. The molecule has 0 saturated carbocycles. The highest BCUT2D eigenvalue weighted by atomic mass is 19.1. The minimum absolute atomic E-state index is 0.416. The first-order valence-electron chi connectivity index (χ1n) is 4.34. The van der Waals surface area contributed by atoms with Crippen LogP contribution in [-0.2, 0) is 6.42 Å². The van der Waals surface area contributed by atoms with Crippen molar-refractivity contribution >= 4 is 10.8 Å². The number of benzene rings is 1. The van der Waals surface area contributed by atoms with Crippen LogP contribution in [0.5, 0.6) is 0 Å². The number of hydrogen-bond acceptors (Lipinski definition) is 1. The predicted octanol–water partition coefficient (Wildman–Crippen LogP) is 2.94. The Kier molecular flexibility index (Phi) is 1.97. The number of aryl methyl sites for hydroxylation is 1. The van der Waals surface area contributed by atoms with Crippen LogP contribution in [0.3, 0.4) is 0 Å². The van der Waals surface area contributed by atoms with Gasteiger partial charge in [-0.25, -0.2) is 4.98 Å². The molecule has 0 saturated heterocycles. The Morgan fingerprint density at radius 1 is 1.23 bits per heavy atom. The zero-order valence-corrected chi connectivity index (χ0v) is 7.42. The fourth-order valence-corrected chi connectivity index (χ4v) is 1.38. The molecular weight excluding hydrogens is 165 g/mol. The zero-order valence-electron chi connectivity index (χ0n) is 7.42. The summed E-state index contributed by atoms with van der Waals surface area (Å²) in [7, 11) is 0.